The zero-order valence-electron chi connectivity index (χ0n) is 16.9. The lowest BCUT2D eigenvalue weighted by molar-refractivity contribution is -0.134. The van der Waals surface area contributed by atoms with Gasteiger partial charge in [-0.1, -0.05) is 19.3 Å². The van der Waals surface area contributed by atoms with Crippen LogP contribution in [0.4, 0.5) is 0 Å². The van der Waals surface area contributed by atoms with Gasteiger partial charge >= 0.3 is 5.97 Å². The Morgan fingerprint density at radius 3 is 2.46 bits per heavy atom. The van der Waals surface area contributed by atoms with Gasteiger partial charge in [0.2, 0.25) is 0 Å². The number of hydrogen-bond acceptors (Lipinski definition) is 5. The number of likely N-dealkylation sites (N-methyl/N-ethyl adjacent to an activating group) is 1. The van der Waals surface area contributed by atoms with Gasteiger partial charge in [-0.2, -0.15) is 0 Å². The standard InChI is InChI=1S/C20H30N2O5S/c1-14-11-18(15(2)22(14)16-7-5-4-6-8-16)20(24)27-12-19(23)21(3)17-9-10-28(25,26)13-17/h11,16-17H,4-10,12-13H2,1-3H3/t17-/m1/s1. The summed E-state index contributed by atoms with van der Waals surface area (Å²) in [6, 6.07) is 1.92. The number of aromatic nitrogens is 1. The molecule has 0 unspecified atom stereocenters. The summed E-state index contributed by atoms with van der Waals surface area (Å²) in [5, 5.41) is 0. The lowest BCUT2D eigenvalue weighted by atomic mass is 9.95. The van der Waals surface area contributed by atoms with Gasteiger partial charge in [-0.15, -0.1) is 0 Å². The number of sulfone groups is 1. The molecule has 28 heavy (non-hydrogen) atoms. The second kappa shape index (κ2) is 8.27. The van der Waals surface area contributed by atoms with Gasteiger partial charge in [0.25, 0.3) is 5.91 Å². The number of carbonyl (C=O) groups is 2. The molecule has 1 aliphatic heterocycles. The molecule has 1 aromatic heterocycles. The number of nitrogens with zero attached hydrogens (tertiary/aromatic N) is 2. The van der Waals surface area contributed by atoms with Crippen LogP contribution >= 0.6 is 0 Å². The SMILES string of the molecule is Cc1cc(C(=O)OCC(=O)N(C)[C@@H]2CCS(=O)(=O)C2)c(C)n1C1CCCCC1. The number of rotatable bonds is 5. The molecule has 3 rings (SSSR count). The first-order chi connectivity index (χ1) is 13.2. The van der Waals surface area contributed by atoms with Gasteiger partial charge in [0.1, 0.15) is 0 Å². The van der Waals surface area contributed by atoms with Crippen LogP contribution in [-0.4, -0.2) is 61.0 Å². The third-order valence-electron chi connectivity index (χ3n) is 6.12. The summed E-state index contributed by atoms with van der Waals surface area (Å²) in [6.07, 6.45) is 6.36. The monoisotopic (exact) mass is 410 g/mol. The molecule has 1 saturated carbocycles. The maximum Gasteiger partial charge on any atom is 0.340 e. The zero-order chi connectivity index (χ0) is 20.5. The number of hydrogen-bond donors (Lipinski definition) is 0. The lowest BCUT2D eigenvalue weighted by Crippen LogP contribution is -2.40. The minimum absolute atomic E-state index is 0.0221. The van der Waals surface area contributed by atoms with Crippen LogP contribution in [0.3, 0.4) is 0 Å². The van der Waals surface area contributed by atoms with E-state index in [1.165, 1.54) is 24.2 Å². The van der Waals surface area contributed by atoms with Crippen molar-refractivity contribution in [2.45, 2.75) is 64.5 Å². The second-order valence-corrected chi connectivity index (χ2v) is 10.3. The Morgan fingerprint density at radius 1 is 1.18 bits per heavy atom. The molecule has 1 saturated heterocycles. The van der Waals surface area contributed by atoms with E-state index in [1.807, 2.05) is 19.9 Å². The maximum absolute atomic E-state index is 12.6. The van der Waals surface area contributed by atoms with E-state index in [9.17, 15) is 18.0 Å². The smallest absolute Gasteiger partial charge is 0.340 e. The molecule has 7 nitrogen and oxygen atoms in total. The highest BCUT2D eigenvalue weighted by molar-refractivity contribution is 7.91. The van der Waals surface area contributed by atoms with Crippen LogP contribution in [0.25, 0.3) is 0 Å². The lowest BCUT2D eigenvalue weighted by Gasteiger charge is -2.26. The molecule has 1 aliphatic carbocycles. The fourth-order valence-electron chi connectivity index (χ4n) is 4.48. The third-order valence-corrected chi connectivity index (χ3v) is 7.87. The third kappa shape index (κ3) is 4.42. The van der Waals surface area contributed by atoms with Gasteiger partial charge in [-0.05, 0) is 39.2 Å². The Bertz CT molecular complexity index is 852. The van der Waals surface area contributed by atoms with Crippen LogP contribution in [-0.2, 0) is 19.4 Å². The Balaban J connectivity index is 1.61. The molecular weight excluding hydrogens is 380 g/mol. The average Bonchev–Trinajstić information content (AvgIpc) is 3.18. The van der Waals surface area contributed by atoms with E-state index < -0.39 is 15.8 Å². The first-order valence-electron chi connectivity index (χ1n) is 10.0. The molecule has 2 aliphatic rings. The van der Waals surface area contributed by atoms with Crippen LogP contribution in [0, 0.1) is 13.8 Å². The largest absolute Gasteiger partial charge is 0.452 e. The van der Waals surface area contributed by atoms with Crippen molar-refractivity contribution >= 4 is 21.7 Å². The van der Waals surface area contributed by atoms with E-state index in [4.69, 9.17) is 4.74 Å². The van der Waals surface area contributed by atoms with E-state index >= 15 is 0 Å². The molecule has 0 aromatic carbocycles. The number of esters is 1. The van der Waals surface area contributed by atoms with Crippen molar-refractivity contribution in [3.05, 3.63) is 23.0 Å². The van der Waals surface area contributed by atoms with E-state index in [0.717, 1.165) is 24.2 Å². The van der Waals surface area contributed by atoms with Crippen molar-refractivity contribution in [3.63, 3.8) is 0 Å². The number of aryl methyl sites for hydroxylation is 1. The molecule has 1 aromatic rings. The fourth-order valence-corrected chi connectivity index (χ4v) is 6.25. The van der Waals surface area contributed by atoms with Crippen LogP contribution in [0.1, 0.15) is 66.3 Å². The summed E-state index contributed by atoms with van der Waals surface area (Å²) in [6.45, 7) is 3.55. The minimum atomic E-state index is -3.07. The van der Waals surface area contributed by atoms with Crippen LogP contribution < -0.4 is 0 Å². The number of amides is 1. The van der Waals surface area contributed by atoms with E-state index in [-0.39, 0.29) is 30.1 Å². The molecule has 0 radical (unpaired) electrons. The molecule has 2 heterocycles. The van der Waals surface area contributed by atoms with Crippen molar-refractivity contribution in [1.29, 1.82) is 0 Å². The van der Waals surface area contributed by atoms with Gasteiger partial charge in [0.15, 0.2) is 16.4 Å². The maximum atomic E-state index is 12.6. The molecule has 8 heteroatoms. The molecule has 0 spiro atoms. The molecule has 2 fully saturated rings. The Hall–Kier alpha value is -1.83. The summed E-state index contributed by atoms with van der Waals surface area (Å²) in [4.78, 5) is 26.3. The van der Waals surface area contributed by atoms with Gasteiger partial charge in [-0.3, -0.25) is 4.79 Å². The predicted octanol–water partition coefficient (Wildman–Crippen LogP) is 2.41. The van der Waals surface area contributed by atoms with Crippen molar-refractivity contribution < 1.29 is 22.7 Å². The Kier molecular flexibility index (Phi) is 6.17. The topological polar surface area (TPSA) is 85.7 Å². The first-order valence-corrected chi connectivity index (χ1v) is 11.8. The highest BCUT2D eigenvalue weighted by Gasteiger charge is 2.33. The Labute approximate surface area is 166 Å². The summed E-state index contributed by atoms with van der Waals surface area (Å²) >= 11 is 0. The van der Waals surface area contributed by atoms with Gasteiger partial charge in [-0.25, -0.2) is 13.2 Å². The van der Waals surface area contributed by atoms with Crippen molar-refractivity contribution in [2.75, 3.05) is 25.2 Å². The normalized spacial score (nSPS) is 22.2. The molecule has 0 N–H and O–H groups in total. The molecule has 156 valence electrons. The van der Waals surface area contributed by atoms with E-state index in [2.05, 4.69) is 4.57 Å². The van der Waals surface area contributed by atoms with Crippen molar-refractivity contribution in [2.24, 2.45) is 0 Å². The highest BCUT2D eigenvalue weighted by Crippen LogP contribution is 2.32. The zero-order valence-corrected chi connectivity index (χ0v) is 17.8. The summed E-state index contributed by atoms with van der Waals surface area (Å²) in [5.74, 6) is -0.805. The quantitative estimate of drug-likeness (QED) is 0.696. The van der Waals surface area contributed by atoms with Gasteiger partial charge < -0.3 is 14.2 Å². The first kappa shape index (κ1) is 20.9. The number of carbonyl (C=O) groups excluding carboxylic acids is 2. The second-order valence-electron chi connectivity index (χ2n) is 8.08. The van der Waals surface area contributed by atoms with E-state index in [0.29, 0.717) is 18.0 Å². The predicted molar refractivity (Wildman–Crippen MR) is 106 cm³/mol. The molecule has 1 atom stereocenters. The van der Waals surface area contributed by atoms with E-state index in [1.54, 1.807) is 7.05 Å². The summed E-state index contributed by atoms with van der Waals surface area (Å²) in [7, 11) is -1.51. The van der Waals surface area contributed by atoms with Crippen LogP contribution in [0.5, 0.6) is 0 Å². The summed E-state index contributed by atoms with van der Waals surface area (Å²) in [5.41, 5.74) is 2.43. The van der Waals surface area contributed by atoms with Crippen molar-refractivity contribution in [1.82, 2.24) is 9.47 Å². The minimum Gasteiger partial charge on any atom is -0.452 e. The fraction of sp³-hybridized carbons (Fsp3) is 0.700. The average molecular weight is 411 g/mol. The highest BCUT2D eigenvalue weighted by atomic mass is 32.2. The molecular formula is C20H30N2O5S. The van der Waals surface area contributed by atoms with Gasteiger partial charge in [0, 0.05) is 30.5 Å². The van der Waals surface area contributed by atoms with Crippen LogP contribution in [0.15, 0.2) is 6.07 Å². The molecule has 1 amide bonds. The van der Waals surface area contributed by atoms with Crippen LogP contribution in [0.2, 0.25) is 0 Å². The Morgan fingerprint density at radius 2 is 1.86 bits per heavy atom. The van der Waals surface area contributed by atoms with Gasteiger partial charge in [0.05, 0.1) is 17.1 Å². The van der Waals surface area contributed by atoms with Crippen molar-refractivity contribution in [3.8, 4) is 0 Å². The number of ether oxygens (including phenoxy) is 1. The molecule has 0 bridgehead atoms. The summed E-state index contributed by atoms with van der Waals surface area (Å²) < 4.78 is 30.7.